The fourth-order valence-electron chi connectivity index (χ4n) is 1.76. The van der Waals surface area contributed by atoms with Gasteiger partial charge >= 0.3 is 0 Å². The number of benzene rings is 1. The number of rotatable bonds is 8. The SMILES string of the molecule is CNC(C)Cc1noc(CSCC(=O)c2ccc(Cl)cc2)n1. The summed E-state index contributed by atoms with van der Waals surface area (Å²) in [6, 6.07) is 7.19. The number of carbonyl (C=O) groups excluding carboxylic acids is 1. The highest BCUT2D eigenvalue weighted by molar-refractivity contribution is 7.99. The summed E-state index contributed by atoms with van der Waals surface area (Å²) in [6.45, 7) is 2.05. The molecule has 0 aliphatic rings. The van der Waals surface area contributed by atoms with Crippen molar-refractivity contribution < 1.29 is 9.32 Å². The second kappa shape index (κ2) is 8.31. The van der Waals surface area contributed by atoms with Gasteiger partial charge < -0.3 is 9.84 Å². The maximum Gasteiger partial charge on any atom is 0.236 e. The van der Waals surface area contributed by atoms with Gasteiger partial charge in [-0.25, -0.2) is 0 Å². The molecule has 0 amide bonds. The zero-order valence-electron chi connectivity index (χ0n) is 12.5. The van der Waals surface area contributed by atoms with Crippen molar-refractivity contribution in [1.29, 1.82) is 0 Å². The summed E-state index contributed by atoms with van der Waals surface area (Å²) in [5.74, 6) is 2.19. The summed E-state index contributed by atoms with van der Waals surface area (Å²) in [6.07, 6.45) is 0.717. The van der Waals surface area contributed by atoms with Gasteiger partial charge in [0.15, 0.2) is 11.6 Å². The van der Waals surface area contributed by atoms with E-state index in [1.165, 1.54) is 11.8 Å². The molecule has 7 heteroatoms. The lowest BCUT2D eigenvalue weighted by molar-refractivity contribution is 0.102. The number of hydrogen-bond donors (Lipinski definition) is 1. The topological polar surface area (TPSA) is 68.0 Å². The van der Waals surface area contributed by atoms with Crippen LogP contribution in [0.3, 0.4) is 0 Å². The van der Waals surface area contributed by atoms with Crippen LogP contribution in [0.5, 0.6) is 0 Å². The number of likely N-dealkylation sites (N-methyl/N-ethyl adjacent to an activating group) is 1. The number of aromatic nitrogens is 2. The lowest BCUT2D eigenvalue weighted by Gasteiger charge is -2.04. The number of hydrogen-bond acceptors (Lipinski definition) is 6. The van der Waals surface area contributed by atoms with Gasteiger partial charge in [-0.15, -0.1) is 11.8 Å². The molecule has 0 aliphatic heterocycles. The van der Waals surface area contributed by atoms with E-state index in [0.717, 1.165) is 0 Å². The van der Waals surface area contributed by atoms with E-state index in [2.05, 4.69) is 22.4 Å². The highest BCUT2D eigenvalue weighted by Gasteiger charge is 2.11. The minimum Gasteiger partial charge on any atom is -0.338 e. The lowest BCUT2D eigenvalue weighted by atomic mass is 10.1. The van der Waals surface area contributed by atoms with Crippen LogP contribution >= 0.6 is 23.4 Å². The molecule has 0 bridgehead atoms. The van der Waals surface area contributed by atoms with E-state index in [9.17, 15) is 4.79 Å². The Morgan fingerprint density at radius 1 is 1.41 bits per heavy atom. The molecule has 118 valence electrons. The van der Waals surface area contributed by atoms with Crippen molar-refractivity contribution >= 4 is 29.1 Å². The van der Waals surface area contributed by atoms with E-state index in [0.29, 0.717) is 46.3 Å². The van der Waals surface area contributed by atoms with Gasteiger partial charge in [-0.1, -0.05) is 16.8 Å². The number of thioether (sulfide) groups is 1. The summed E-state index contributed by atoms with van der Waals surface area (Å²) in [4.78, 5) is 16.3. The van der Waals surface area contributed by atoms with E-state index in [1.54, 1.807) is 24.3 Å². The first-order valence-electron chi connectivity index (χ1n) is 6.93. The molecular formula is C15H18ClN3O2S. The Kier molecular flexibility index (Phi) is 6.42. The van der Waals surface area contributed by atoms with Crippen LogP contribution in [0.4, 0.5) is 0 Å². The predicted molar refractivity (Wildman–Crippen MR) is 88.5 cm³/mol. The minimum atomic E-state index is 0.0604. The number of nitrogens with one attached hydrogen (secondary N) is 1. The van der Waals surface area contributed by atoms with Crippen LogP contribution in [0.15, 0.2) is 28.8 Å². The number of halogens is 1. The zero-order valence-corrected chi connectivity index (χ0v) is 14.1. The molecule has 0 spiro atoms. The molecule has 0 saturated heterocycles. The third kappa shape index (κ3) is 5.12. The molecule has 1 aromatic carbocycles. The number of ketones is 1. The first-order chi connectivity index (χ1) is 10.6. The summed E-state index contributed by atoms with van der Waals surface area (Å²) in [5, 5.41) is 7.68. The van der Waals surface area contributed by atoms with Crippen LogP contribution < -0.4 is 5.32 Å². The Hall–Kier alpha value is -1.37. The van der Waals surface area contributed by atoms with Gasteiger partial charge in [-0.2, -0.15) is 4.98 Å². The molecule has 1 unspecified atom stereocenters. The smallest absolute Gasteiger partial charge is 0.236 e. The molecular weight excluding hydrogens is 322 g/mol. The molecule has 0 aliphatic carbocycles. The highest BCUT2D eigenvalue weighted by Crippen LogP contribution is 2.15. The molecule has 1 atom stereocenters. The Morgan fingerprint density at radius 2 is 2.14 bits per heavy atom. The summed E-state index contributed by atoms with van der Waals surface area (Å²) in [5.41, 5.74) is 0.658. The van der Waals surface area contributed by atoms with Crippen LogP contribution in [0.2, 0.25) is 5.02 Å². The highest BCUT2D eigenvalue weighted by atomic mass is 35.5. The van der Waals surface area contributed by atoms with Crippen molar-refractivity contribution in [2.24, 2.45) is 0 Å². The molecule has 22 heavy (non-hydrogen) atoms. The Morgan fingerprint density at radius 3 is 2.82 bits per heavy atom. The first kappa shape index (κ1) is 17.0. The molecule has 2 rings (SSSR count). The van der Waals surface area contributed by atoms with Gasteiger partial charge in [0, 0.05) is 23.0 Å². The maximum atomic E-state index is 12.0. The minimum absolute atomic E-state index is 0.0604. The van der Waals surface area contributed by atoms with E-state index in [1.807, 2.05) is 7.05 Å². The molecule has 1 aromatic heterocycles. The third-order valence-corrected chi connectivity index (χ3v) is 4.29. The molecule has 2 aromatic rings. The van der Waals surface area contributed by atoms with E-state index >= 15 is 0 Å². The summed E-state index contributed by atoms with van der Waals surface area (Å²) < 4.78 is 5.17. The number of nitrogens with zero attached hydrogens (tertiary/aromatic N) is 2. The van der Waals surface area contributed by atoms with Crippen LogP contribution in [0.1, 0.15) is 29.0 Å². The average molecular weight is 340 g/mol. The normalized spacial score (nSPS) is 12.3. The Labute approximate surface area is 138 Å². The van der Waals surface area contributed by atoms with Gasteiger partial charge in [0.25, 0.3) is 0 Å². The quantitative estimate of drug-likeness (QED) is 0.746. The van der Waals surface area contributed by atoms with Crippen molar-refractivity contribution in [2.45, 2.75) is 25.1 Å². The van der Waals surface area contributed by atoms with Crippen molar-refractivity contribution in [1.82, 2.24) is 15.5 Å². The summed E-state index contributed by atoms with van der Waals surface area (Å²) >= 11 is 7.26. The fraction of sp³-hybridized carbons (Fsp3) is 0.400. The standard InChI is InChI=1S/C15H18ClN3O2S/c1-10(17-2)7-14-18-15(21-19-14)9-22-8-13(20)11-3-5-12(16)6-4-11/h3-6,10,17H,7-9H2,1-2H3. The van der Waals surface area contributed by atoms with Crippen molar-refractivity contribution in [3.63, 3.8) is 0 Å². The fourth-order valence-corrected chi connectivity index (χ4v) is 2.63. The second-order valence-corrected chi connectivity index (χ2v) is 6.34. The van der Waals surface area contributed by atoms with Crippen LogP contribution in [0.25, 0.3) is 0 Å². The van der Waals surface area contributed by atoms with Crippen LogP contribution in [-0.4, -0.2) is 34.8 Å². The first-order valence-corrected chi connectivity index (χ1v) is 8.47. The largest absolute Gasteiger partial charge is 0.338 e. The molecule has 5 nitrogen and oxygen atoms in total. The van der Waals surface area contributed by atoms with Crippen LogP contribution in [-0.2, 0) is 12.2 Å². The van der Waals surface area contributed by atoms with Crippen molar-refractivity contribution in [3.8, 4) is 0 Å². The maximum absolute atomic E-state index is 12.0. The molecule has 0 saturated carbocycles. The zero-order chi connectivity index (χ0) is 15.9. The van der Waals surface area contributed by atoms with Gasteiger partial charge in [-0.3, -0.25) is 4.79 Å². The lowest BCUT2D eigenvalue weighted by Crippen LogP contribution is -2.24. The van der Waals surface area contributed by atoms with E-state index < -0.39 is 0 Å². The van der Waals surface area contributed by atoms with E-state index in [4.69, 9.17) is 16.1 Å². The Balaban J connectivity index is 1.78. The monoisotopic (exact) mass is 339 g/mol. The average Bonchev–Trinajstić information content (AvgIpc) is 2.95. The molecule has 1 N–H and O–H groups in total. The second-order valence-electron chi connectivity index (χ2n) is 4.92. The van der Waals surface area contributed by atoms with Gasteiger partial charge in [0.05, 0.1) is 11.5 Å². The van der Waals surface area contributed by atoms with Crippen molar-refractivity contribution in [3.05, 3.63) is 46.6 Å². The third-order valence-electron chi connectivity index (χ3n) is 3.12. The molecule has 1 heterocycles. The van der Waals surface area contributed by atoms with Gasteiger partial charge in [0.2, 0.25) is 5.89 Å². The molecule has 0 radical (unpaired) electrons. The number of carbonyl (C=O) groups is 1. The van der Waals surface area contributed by atoms with Crippen molar-refractivity contribution in [2.75, 3.05) is 12.8 Å². The summed E-state index contributed by atoms with van der Waals surface area (Å²) in [7, 11) is 1.89. The van der Waals surface area contributed by atoms with Gasteiger partial charge in [0.1, 0.15) is 0 Å². The molecule has 0 fully saturated rings. The predicted octanol–water partition coefficient (Wildman–Crippen LogP) is 2.99. The Bertz CT molecular complexity index is 616. The van der Waals surface area contributed by atoms with Crippen LogP contribution in [0, 0.1) is 0 Å². The number of Topliss-reactive ketones (excluding diaryl/α,β-unsaturated/α-hetero) is 1. The van der Waals surface area contributed by atoms with E-state index in [-0.39, 0.29) is 5.78 Å². The van der Waals surface area contributed by atoms with Gasteiger partial charge in [-0.05, 0) is 38.2 Å².